The van der Waals surface area contributed by atoms with Gasteiger partial charge in [0.1, 0.15) is 0 Å². The first kappa shape index (κ1) is 17.3. The van der Waals surface area contributed by atoms with E-state index in [0.717, 1.165) is 38.2 Å². The fourth-order valence-electron chi connectivity index (χ4n) is 3.24. The molecule has 0 spiro atoms. The molecule has 10 nitrogen and oxygen atoms in total. The highest BCUT2D eigenvalue weighted by molar-refractivity contribution is 5.65. The van der Waals surface area contributed by atoms with E-state index in [4.69, 9.17) is 15.3 Å². The second-order valence-electron chi connectivity index (χ2n) is 6.51. The zero-order valence-electron chi connectivity index (χ0n) is 14.8. The van der Waals surface area contributed by atoms with Crippen molar-refractivity contribution in [3.05, 3.63) is 30.3 Å². The lowest BCUT2D eigenvalue weighted by molar-refractivity contribution is 0.105. The largest absolute Gasteiger partial charge is 0.465 e. The van der Waals surface area contributed by atoms with E-state index in [1.807, 2.05) is 6.20 Å². The lowest BCUT2D eigenvalue weighted by Crippen LogP contribution is -2.48. The Morgan fingerprint density at radius 3 is 2.78 bits per heavy atom. The maximum Gasteiger partial charge on any atom is 0.407 e. The van der Waals surface area contributed by atoms with Gasteiger partial charge in [0, 0.05) is 26.2 Å². The number of aromatic nitrogens is 4. The van der Waals surface area contributed by atoms with Gasteiger partial charge in [0.15, 0.2) is 17.2 Å². The number of nitrogens with zero attached hydrogens (tertiary/aromatic N) is 6. The molecule has 10 heteroatoms. The second-order valence-corrected chi connectivity index (χ2v) is 6.51. The van der Waals surface area contributed by atoms with Crippen LogP contribution in [0.15, 0.2) is 29.0 Å². The normalized spacial score (nSPS) is 15.5. The molecule has 0 atom stereocenters. The predicted molar refractivity (Wildman–Crippen MR) is 97.3 cm³/mol. The second kappa shape index (κ2) is 7.23. The van der Waals surface area contributed by atoms with Gasteiger partial charge in [0.25, 0.3) is 0 Å². The number of hydrogen-bond acceptors (Lipinski definition) is 7. The Labute approximate surface area is 155 Å². The third kappa shape index (κ3) is 3.70. The zero-order valence-corrected chi connectivity index (χ0v) is 14.8. The summed E-state index contributed by atoms with van der Waals surface area (Å²) in [5.74, 6) is 1.40. The number of aryl methyl sites for hydroxylation is 1. The number of furan rings is 1. The van der Waals surface area contributed by atoms with Crippen LogP contribution in [-0.4, -0.2) is 73.3 Å². The molecule has 1 aliphatic heterocycles. The van der Waals surface area contributed by atoms with Gasteiger partial charge in [0.2, 0.25) is 5.82 Å². The number of carbonyl (C=O) groups is 1. The number of hydrogen-bond donors (Lipinski definition) is 2. The molecular formula is C17H21N7O3. The molecule has 27 heavy (non-hydrogen) atoms. The predicted octanol–water partition coefficient (Wildman–Crippen LogP) is 1.19. The molecule has 0 aliphatic carbocycles. The summed E-state index contributed by atoms with van der Waals surface area (Å²) in [5.41, 5.74) is 7.40. The van der Waals surface area contributed by atoms with E-state index < -0.39 is 6.09 Å². The van der Waals surface area contributed by atoms with Crippen LogP contribution in [0.4, 0.5) is 10.6 Å². The number of anilines is 1. The summed E-state index contributed by atoms with van der Waals surface area (Å²) in [4.78, 5) is 23.5. The Bertz CT molecular complexity index is 930. The molecule has 1 amide bonds. The summed E-state index contributed by atoms with van der Waals surface area (Å²) in [7, 11) is 0. The van der Waals surface area contributed by atoms with Crippen molar-refractivity contribution in [2.45, 2.75) is 12.8 Å². The highest BCUT2D eigenvalue weighted by atomic mass is 16.4. The van der Waals surface area contributed by atoms with Gasteiger partial charge in [-0.05, 0) is 31.5 Å². The van der Waals surface area contributed by atoms with Crippen molar-refractivity contribution in [2.24, 2.45) is 0 Å². The van der Waals surface area contributed by atoms with Crippen LogP contribution < -0.4 is 5.73 Å². The first-order chi connectivity index (χ1) is 13.1. The molecule has 1 aliphatic rings. The summed E-state index contributed by atoms with van der Waals surface area (Å²) in [5, 5.41) is 13.4. The van der Waals surface area contributed by atoms with Crippen LogP contribution in [0, 0.1) is 0 Å². The molecule has 1 saturated heterocycles. The van der Waals surface area contributed by atoms with E-state index in [1.165, 1.54) is 4.90 Å². The number of nitrogens with two attached hydrogens (primary N) is 1. The first-order valence-electron chi connectivity index (χ1n) is 8.86. The summed E-state index contributed by atoms with van der Waals surface area (Å²) in [6, 6.07) is 3.58. The summed E-state index contributed by atoms with van der Waals surface area (Å²) >= 11 is 0. The number of amides is 1. The third-order valence-corrected chi connectivity index (χ3v) is 4.69. The van der Waals surface area contributed by atoms with Gasteiger partial charge in [-0.25, -0.2) is 19.3 Å². The number of piperazine rings is 1. The fourth-order valence-corrected chi connectivity index (χ4v) is 3.24. The van der Waals surface area contributed by atoms with Crippen LogP contribution >= 0.6 is 0 Å². The lowest BCUT2D eigenvalue weighted by Gasteiger charge is -2.32. The minimum absolute atomic E-state index is 0.341. The van der Waals surface area contributed by atoms with E-state index in [1.54, 1.807) is 22.9 Å². The average Bonchev–Trinajstić information content (AvgIpc) is 3.32. The monoisotopic (exact) mass is 371 g/mol. The zero-order chi connectivity index (χ0) is 18.8. The van der Waals surface area contributed by atoms with Gasteiger partial charge in [0.05, 0.1) is 18.2 Å². The van der Waals surface area contributed by atoms with Crippen LogP contribution in [0.5, 0.6) is 0 Å². The van der Waals surface area contributed by atoms with Crippen molar-refractivity contribution >= 4 is 17.6 Å². The summed E-state index contributed by atoms with van der Waals surface area (Å²) in [6.07, 6.45) is 4.24. The molecule has 4 heterocycles. The maximum absolute atomic E-state index is 10.9. The van der Waals surface area contributed by atoms with Gasteiger partial charge < -0.3 is 20.2 Å². The maximum atomic E-state index is 10.9. The molecular weight excluding hydrogens is 350 g/mol. The molecule has 0 radical (unpaired) electrons. The topological polar surface area (TPSA) is 126 Å². The van der Waals surface area contributed by atoms with Gasteiger partial charge in [-0.3, -0.25) is 4.90 Å². The first-order valence-corrected chi connectivity index (χ1v) is 8.86. The van der Waals surface area contributed by atoms with Crippen LogP contribution in [0.25, 0.3) is 17.2 Å². The van der Waals surface area contributed by atoms with Crippen molar-refractivity contribution in [3.63, 3.8) is 0 Å². The molecule has 0 bridgehead atoms. The molecule has 0 unspecified atom stereocenters. The van der Waals surface area contributed by atoms with Crippen LogP contribution in [0.1, 0.15) is 12.1 Å². The molecule has 4 rings (SSSR count). The van der Waals surface area contributed by atoms with Gasteiger partial charge in [-0.15, -0.1) is 5.10 Å². The molecule has 3 aromatic heterocycles. The van der Waals surface area contributed by atoms with Crippen LogP contribution in [0.2, 0.25) is 0 Å². The summed E-state index contributed by atoms with van der Waals surface area (Å²) in [6.45, 7) is 3.52. The lowest BCUT2D eigenvalue weighted by atomic mass is 10.2. The minimum Gasteiger partial charge on any atom is -0.465 e. The highest BCUT2D eigenvalue weighted by Gasteiger charge is 2.20. The number of nitrogen functional groups attached to an aromatic ring is 1. The minimum atomic E-state index is -0.843. The average molecular weight is 371 g/mol. The molecule has 0 saturated carbocycles. The van der Waals surface area contributed by atoms with Crippen molar-refractivity contribution in [3.8, 4) is 11.6 Å². The molecule has 1 fully saturated rings. The highest BCUT2D eigenvalue weighted by Crippen LogP contribution is 2.19. The summed E-state index contributed by atoms with van der Waals surface area (Å²) < 4.78 is 6.97. The van der Waals surface area contributed by atoms with E-state index in [0.29, 0.717) is 36.1 Å². The quantitative estimate of drug-likeness (QED) is 0.685. The van der Waals surface area contributed by atoms with E-state index in [9.17, 15) is 4.79 Å². The van der Waals surface area contributed by atoms with Gasteiger partial charge in [-0.2, -0.15) is 0 Å². The van der Waals surface area contributed by atoms with E-state index in [2.05, 4.69) is 20.0 Å². The Morgan fingerprint density at radius 2 is 2.07 bits per heavy atom. The molecule has 3 aromatic rings. The smallest absolute Gasteiger partial charge is 0.407 e. The van der Waals surface area contributed by atoms with E-state index in [-0.39, 0.29) is 0 Å². The Kier molecular flexibility index (Phi) is 4.63. The van der Waals surface area contributed by atoms with E-state index >= 15 is 0 Å². The Balaban J connectivity index is 1.37. The number of rotatable bonds is 5. The van der Waals surface area contributed by atoms with Crippen molar-refractivity contribution in [1.82, 2.24) is 29.4 Å². The number of carboxylic acid groups (broad SMARTS) is 1. The molecule has 3 N–H and O–H groups in total. The van der Waals surface area contributed by atoms with Gasteiger partial charge >= 0.3 is 6.09 Å². The Hall–Kier alpha value is -3.14. The standard InChI is InChI=1S/C17H21N7O3/c18-14-16-20-15(13-4-2-10-27-13)21-24(16)11-12(19-14)3-1-5-22-6-8-23(9-7-22)17(25)26/h2,4,10-11H,1,3,5-9H2,(H2,18,19)(H,25,26). The third-order valence-electron chi connectivity index (χ3n) is 4.69. The van der Waals surface area contributed by atoms with Gasteiger partial charge in [-0.1, -0.05) is 0 Å². The molecule has 0 aromatic carbocycles. The van der Waals surface area contributed by atoms with Crippen LogP contribution in [-0.2, 0) is 6.42 Å². The fraction of sp³-hybridized carbons (Fsp3) is 0.412. The van der Waals surface area contributed by atoms with Crippen molar-refractivity contribution < 1.29 is 14.3 Å². The van der Waals surface area contributed by atoms with Crippen molar-refractivity contribution in [2.75, 3.05) is 38.5 Å². The SMILES string of the molecule is Nc1nc(CCCN2CCN(C(=O)O)CC2)cn2nc(-c3ccco3)nc12. The van der Waals surface area contributed by atoms with Crippen LogP contribution in [0.3, 0.4) is 0 Å². The Morgan fingerprint density at radius 1 is 1.26 bits per heavy atom. The molecule has 142 valence electrons. The number of fused-ring (bicyclic) bond motifs is 1. The van der Waals surface area contributed by atoms with Crippen molar-refractivity contribution in [1.29, 1.82) is 0 Å².